The standard InChI is InChI=1S/C10H14N2O/c1-5-8-9(6-2)12(4)7(3)10(13)11-8/h5-7H,1-2H2,3-4H3,(H,11,13). The summed E-state index contributed by atoms with van der Waals surface area (Å²) < 4.78 is 0. The van der Waals surface area contributed by atoms with Crippen LogP contribution in [0.4, 0.5) is 0 Å². The van der Waals surface area contributed by atoms with Crippen molar-refractivity contribution in [2.75, 3.05) is 7.05 Å². The fourth-order valence-electron chi connectivity index (χ4n) is 1.29. The number of hydrogen-bond acceptors (Lipinski definition) is 2. The van der Waals surface area contributed by atoms with Gasteiger partial charge in [-0.25, -0.2) is 0 Å². The lowest BCUT2D eigenvalue weighted by atomic mass is 10.1. The van der Waals surface area contributed by atoms with Gasteiger partial charge in [0.15, 0.2) is 0 Å². The number of carbonyl (C=O) groups excluding carboxylic acids is 1. The first-order chi connectivity index (χ1) is 6.11. The van der Waals surface area contributed by atoms with Crippen molar-refractivity contribution in [3.63, 3.8) is 0 Å². The molecule has 1 unspecified atom stereocenters. The van der Waals surface area contributed by atoms with Gasteiger partial charge in [-0.15, -0.1) is 0 Å². The molecule has 0 spiro atoms. The lowest BCUT2D eigenvalue weighted by Crippen LogP contribution is -2.47. The number of nitrogens with zero attached hydrogens (tertiary/aromatic N) is 1. The van der Waals surface area contributed by atoms with Gasteiger partial charge in [-0.1, -0.05) is 13.2 Å². The van der Waals surface area contributed by atoms with Crippen LogP contribution in [0.3, 0.4) is 0 Å². The van der Waals surface area contributed by atoms with Crippen molar-refractivity contribution in [2.45, 2.75) is 13.0 Å². The summed E-state index contributed by atoms with van der Waals surface area (Å²) in [4.78, 5) is 13.2. The van der Waals surface area contributed by atoms with Gasteiger partial charge in [0, 0.05) is 7.05 Å². The molecule has 1 atom stereocenters. The number of hydrogen-bond donors (Lipinski definition) is 1. The molecule has 70 valence electrons. The van der Waals surface area contributed by atoms with E-state index in [9.17, 15) is 4.79 Å². The van der Waals surface area contributed by atoms with Crippen molar-refractivity contribution in [3.05, 3.63) is 36.7 Å². The third-order valence-electron chi connectivity index (χ3n) is 2.27. The van der Waals surface area contributed by atoms with Crippen LogP contribution in [0.5, 0.6) is 0 Å². The molecule has 0 aromatic carbocycles. The van der Waals surface area contributed by atoms with Crippen LogP contribution in [0.25, 0.3) is 0 Å². The molecule has 3 heteroatoms. The van der Waals surface area contributed by atoms with Crippen LogP contribution >= 0.6 is 0 Å². The van der Waals surface area contributed by atoms with Gasteiger partial charge >= 0.3 is 0 Å². The summed E-state index contributed by atoms with van der Waals surface area (Å²) in [5, 5.41) is 2.76. The number of rotatable bonds is 2. The van der Waals surface area contributed by atoms with E-state index in [1.165, 1.54) is 0 Å². The molecular weight excluding hydrogens is 164 g/mol. The molecule has 1 aliphatic rings. The van der Waals surface area contributed by atoms with E-state index < -0.39 is 0 Å². The van der Waals surface area contributed by atoms with E-state index in [-0.39, 0.29) is 11.9 Å². The highest BCUT2D eigenvalue weighted by Gasteiger charge is 2.25. The van der Waals surface area contributed by atoms with Crippen molar-refractivity contribution in [2.24, 2.45) is 0 Å². The van der Waals surface area contributed by atoms with E-state index in [1.54, 1.807) is 12.2 Å². The summed E-state index contributed by atoms with van der Waals surface area (Å²) in [5.74, 6) is -0.0111. The highest BCUT2D eigenvalue weighted by Crippen LogP contribution is 2.17. The molecule has 1 aliphatic heterocycles. The van der Waals surface area contributed by atoms with Crippen LogP contribution in [-0.4, -0.2) is 23.9 Å². The molecule has 3 nitrogen and oxygen atoms in total. The first-order valence-corrected chi connectivity index (χ1v) is 4.14. The van der Waals surface area contributed by atoms with Crippen molar-refractivity contribution < 1.29 is 4.79 Å². The third-order valence-corrected chi connectivity index (χ3v) is 2.27. The minimum atomic E-state index is -0.156. The average molecular weight is 178 g/mol. The van der Waals surface area contributed by atoms with Crippen LogP contribution in [0, 0.1) is 0 Å². The van der Waals surface area contributed by atoms with E-state index >= 15 is 0 Å². The SMILES string of the molecule is C=CC1=C(C=C)N(C)C(C)C(=O)N1. The zero-order valence-corrected chi connectivity index (χ0v) is 8.00. The lowest BCUT2D eigenvalue weighted by molar-refractivity contribution is -0.124. The van der Waals surface area contributed by atoms with Gasteiger partial charge in [0.05, 0.1) is 11.4 Å². The summed E-state index contributed by atoms with van der Waals surface area (Å²) in [5.41, 5.74) is 1.63. The van der Waals surface area contributed by atoms with Crippen LogP contribution in [-0.2, 0) is 4.79 Å². The first kappa shape index (κ1) is 9.58. The van der Waals surface area contributed by atoms with Crippen LogP contribution in [0.2, 0.25) is 0 Å². The Hall–Kier alpha value is -1.51. The predicted octanol–water partition coefficient (Wildman–Crippen LogP) is 1.02. The maximum Gasteiger partial charge on any atom is 0.246 e. The summed E-state index contributed by atoms with van der Waals surface area (Å²) in [7, 11) is 1.86. The third kappa shape index (κ3) is 1.49. The molecule has 0 radical (unpaired) electrons. The first-order valence-electron chi connectivity index (χ1n) is 4.14. The monoisotopic (exact) mass is 178 g/mol. The number of amides is 1. The van der Waals surface area contributed by atoms with Gasteiger partial charge in [-0.05, 0) is 19.1 Å². The van der Waals surface area contributed by atoms with Crippen molar-refractivity contribution in [1.82, 2.24) is 10.2 Å². The Morgan fingerprint density at radius 1 is 1.46 bits per heavy atom. The second kappa shape index (κ2) is 3.47. The summed E-state index contributed by atoms with van der Waals surface area (Å²) in [6.45, 7) is 9.17. The van der Waals surface area contributed by atoms with Crippen LogP contribution in [0.15, 0.2) is 36.7 Å². The number of nitrogens with one attached hydrogen (secondary N) is 1. The van der Waals surface area contributed by atoms with Gasteiger partial charge in [0.25, 0.3) is 0 Å². The Morgan fingerprint density at radius 2 is 2.08 bits per heavy atom. The van der Waals surface area contributed by atoms with Gasteiger partial charge < -0.3 is 10.2 Å². The highest BCUT2D eigenvalue weighted by atomic mass is 16.2. The van der Waals surface area contributed by atoms with Crippen molar-refractivity contribution in [3.8, 4) is 0 Å². The molecule has 13 heavy (non-hydrogen) atoms. The molecule has 1 amide bonds. The van der Waals surface area contributed by atoms with E-state index in [2.05, 4.69) is 18.5 Å². The minimum absolute atomic E-state index is 0.0111. The topological polar surface area (TPSA) is 32.3 Å². The van der Waals surface area contributed by atoms with Crippen LogP contribution < -0.4 is 5.32 Å². The van der Waals surface area contributed by atoms with Crippen molar-refractivity contribution in [1.29, 1.82) is 0 Å². The molecule has 1 N–H and O–H groups in total. The molecule has 0 fully saturated rings. The van der Waals surface area contributed by atoms with E-state index in [4.69, 9.17) is 0 Å². The fraction of sp³-hybridized carbons (Fsp3) is 0.300. The number of carbonyl (C=O) groups is 1. The molecule has 0 bridgehead atoms. The minimum Gasteiger partial charge on any atom is -0.361 e. The predicted molar refractivity (Wildman–Crippen MR) is 52.8 cm³/mol. The second-order valence-electron chi connectivity index (χ2n) is 2.98. The normalized spacial score (nSPS) is 22.8. The molecule has 0 aliphatic carbocycles. The highest BCUT2D eigenvalue weighted by molar-refractivity contribution is 5.85. The summed E-state index contributed by atoms with van der Waals surface area (Å²) >= 11 is 0. The zero-order valence-electron chi connectivity index (χ0n) is 8.00. The van der Waals surface area contributed by atoms with E-state index in [1.807, 2.05) is 18.9 Å². The number of allylic oxidation sites excluding steroid dienone is 2. The molecule has 1 rings (SSSR count). The molecule has 0 aromatic rings. The molecule has 0 aromatic heterocycles. The molecule has 0 saturated carbocycles. The van der Waals surface area contributed by atoms with E-state index in [0.29, 0.717) is 0 Å². The van der Waals surface area contributed by atoms with E-state index in [0.717, 1.165) is 11.4 Å². The van der Waals surface area contributed by atoms with Gasteiger partial charge in [0.1, 0.15) is 6.04 Å². The molecular formula is C10H14N2O. The Labute approximate surface area is 78.4 Å². The fourth-order valence-corrected chi connectivity index (χ4v) is 1.29. The Morgan fingerprint density at radius 3 is 2.54 bits per heavy atom. The molecule has 0 saturated heterocycles. The zero-order chi connectivity index (χ0) is 10.0. The Balaban J connectivity index is 3.13. The van der Waals surface area contributed by atoms with Gasteiger partial charge in [-0.3, -0.25) is 4.79 Å². The average Bonchev–Trinajstić information content (AvgIpc) is 2.13. The maximum atomic E-state index is 11.4. The summed E-state index contributed by atoms with van der Waals surface area (Å²) in [6.07, 6.45) is 3.34. The smallest absolute Gasteiger partial charge is 0.246 e. The largest absolute Gasteiger partial charge is 0.361 e. The Kier molecular flexibility index (Phi) is 2.56. The van der Waals surface area contributed by atoms with Crippen molar-refractivity contribution >= 4 is 5.91 Å². The molecule has 1 heterocycles. The summed E-state index contributed by atoms with van der Waals surface area (Å²) in [6, 6.07) is -0.156. The van der Waals surface area contributed by atoms with Gasteiger partial charge in [0.2, 0.25) is 5.91 Å². The second-order valence-corrected chi connectivity index (χ2v) is 2.98. The Bertz CT molecular complexity index is 291. The van der Waals surface area contributed by atoms with Gasteiger partial charge in [-0.2, -0.15) is 0 Å². The maximum absolute atomic E-state index is 11.4. The quantitative estimate of drug-likeness (QED) is 0.684. The lowest BCUT2D eigenvalue weighted by Gasteiger charge is -2.33. The van der Waals surface area contributed by atoms with Crippen LogP contribution in [0.1, 0.15) is 6.92 Å². The number of likely N-dealkylation sites (N-methyl/N-ethyl adjacent to an activating group) is 1.